The SMILES string of the molecule is C/C=C/C(=O)OCC(=O)CCCCCC. The Balaban J connectivity index is 3.45. The first-order valence-electron chi connectivity index (χ1n) is 5.51. The van der Waals surface area contributed by atoms with Crippen molar-refractivity contribution in [2.75, 3.05) is 6.61 Å². The molecule has 15 heavy (non-hydrogen) atoms. The highest BCUT2D eigenvalue weighted by molar-refractivity contribution is 5.86. The summed E-state index contributed by atoms with van der Waals surface area (Å²) in [6, 6.07) is 0. The quantitative estimate of drug-likeness (QED) is 0.353. The Morgan fingerprint density at radius 1 is 1.20 bits per heavy atom. The minimum atomic E-state index is -0.445. The molecule has 0 fully saturated rings. The zero-order valence-electron chi connectivity index (χ0n) is 9.62. The van der Waals surface area contributed by atoms with E-state index >= 15 is 0 Å². The van der Waals surface area contributed by atoms with E-state index < -0.39 is 5.97 Å². The highest BCUT2D eigenvalue weighted by Crippen LogP contribution is 2.03. The zero-order chi connectivity index (χ0) is 11.5. The Morgan fingerprint density at radius 3 is 2.53 bits per heavy atom. The van der Waals surface area contributed by atoms with Crippen LogP contribution in [0.25, 0.3) is 0 Å². The van der Waals surface area contributed by atoms with E-state index in [4.69, 9.17) is 4.74 Å². The van der Waals surface area contributed by atoms with Crippen LogP contribution in [0, 0.1) is 0 Å². The normalized spacial score (nSPS) is 10.5. The van der Waals surface area contributed by atoms with E-state index in [1.807, 2.05) is 0 Å². The van der Waals surface area contributed by atoms with Crippen LogP contribution >= 0.6 is 0 Å². The first kappa shape index (κ1) is 13.9. The maximum absolute atomic E-state index is 11.2. The van der Waals surface area contributed by atoms with Crippen LogP contribution in [0.2, 0.25) is 0 Å². The number of Topliss-reactive ketones (excluding diaryl/α,β-unsaturated/α-hetero) is 1. The average Bonchev–Trinajstić information content (AvgIpc) is 2.22. The van der Waals surface area contributed by atoms with E-state index in [1.165, 1.54) is 6.08 Å². The minimum absolute atomic E-state index is 0.00366. The van der Waals surface area contributed by atoms with E-state index in [0.29, 0.717) is 6.42 Å². The Bertz CT molecular complexity index is 219. The van der Waals surface area contributed by atoms with Gasteiger partial charge in [0, 0.05) is 12.5 Å². The van der Waals surface area contributed by atoms with Crippen LogP contribution in [0.3, 0.4) is 0 Å². The highest BCUT2D eigenvalue weighted by Gasteiger charge is 2.04. The van der Waals surface area contributed by atoms with Crippen molar-refractivity contribution >= 4 is 11.8 Å². The second-order valence-corrected chi connectivity index (χ2v) is 3.46. The van der Waals surface area contributed by atoms with Gasteiger partial charge in [-0.1, -0.05) is 32.3 Å². The second kappa shape index (κ2) is 9.44. The van der Waals surface area contributed by atoms with Crippen LogP contribution in [0.5, 0.6) is 0 Å². The van der Waals surface area contributed by atoms with Gasteiger partial charge < -0.3 is 4.74 Å². The van der Waals surface area contributed by atoms with Gasteiger partial charge in [0.05, 0.1) is 0 Å². The molecule has 0 atom stereocenters. The molecule has 0 aliphatic rings. The van der Waals surface area contributed by atoms with Crippen molar-refractivity contribution in [2.24, 2.45) is 0 Å². The predicted octanol–water partition coefficient (Wildman–Crippen LogP) is 2.65. The third kappa shape index (κ3) is 9.19. The fourth-order valence-electron chi connectivity index (χ4n) is 1.16. The van der Waals surface area contributed by atoms with E-state index in [2.05, 4.69) is 6.92 Å². The van der Waals surface area contributed by atoms with Gasteiger partial charge in [-0.05, 0) is 13.3 Å². The molecule has 0 saturated carbocycles. The molecule has 0 N–H and O–H groups in total. The summed E-state index contributed by atoms with van der Waals surface area (Å²) in [7, 11) is 0. The summed E-state index contributed by atoms with van der Waals surface area (Å²) in [4.78, 5) is 22.1. The van der Waals surface area contributed by atoms with Crippen molar-refractivity contribution < 1.29 is 14.3 Å². The number of carbonyl (C=O) groups is 2. The van der Waals surface area contributed by atoms with Crippen molar-refractivity contribution in [2.45, 2.75) is 46.0 Å². The molecule has 0 unspecified atom stereocenters. The standard InChI is InChI=1S/C12H20O3/c1-3-5-6-7-9-11(13)10-15-12(14)8-4-2/h4,8H,3,5-7,9-10H2,1-2H3/b8-4+. The molecular weight excluding hydrogens is 192 g/mol. The number of hydrogen-bond donors (Lipinski definition) is 0. The summed E-state index contributed by atoms with van der Waals surface area (Å²) >= 11 is 0. The van der Waals surface area contributed by atoms with Crippen molar-refractivity contribution in [1.29, 1.82) is 0 Å². The van der Waals surface area contributed by atoms with Gasteiger partial charge in [-0.25, -0.2) is 4.79 Å². The van der Waals surface area contributed by atoms with Gasteiger partial charge in [-0.2, -0.15) is 0 Å². The fraction of sp³-hybridized carbons (Fsp3) is 0.667. The molecule has 3 heteroatoms. The lowest BCUT2D eigenvalue weighted by molar-refractivity contribution is -0.143. The molecule has 0 aromatic rings. The number of allylic oxidation sites excluding steroid dienone is 1. The largest absolute Gasteiger partial charge is 0.455 e. The topological polar surface area (TPSA) is 43.4 Å². The Morgan fingerprint density at radius 2 is 1.93 bits per heavy atom. The molecule has 0 aliphatic carbocycles. The summed E-state index contributed by atoms with van der Waals surface area (Å²) in [5.74, 6) is -0.441. The van der Waals surface area contributed by atoms with Crippen LogP contribution in [0.1, 0.15) is 46.0 Å². The van der Waals surface area contributed by atoms with Crippen molar-refractivity contribution in [3.8, 4) is 0 Å². The number of ketones is 1. The summed E-state index contributed by atoms with van der Waals surface area (Å²) in [5.41, 5.74) is 0. The third-order valence-corrected chi connectivity index (χ3v) is 1.99. The van der Waals surface area contributed by atoms with Crippen LogP contribution in [0.4, 0.5) is 0 Å². The van der Waals surface area contributed by atoms with Crippen molar-refractivity contribution in [1.82, 2.24) is 0 Å². The molecule has 0 aliphatic heterocycles. The Hall–Kier alpha value is -1.12. The predicted molar refractivity (Wildman–Crippen MR) is 59.5 cm³/mol. The van der Waals surface area contributed by atoms with E-state index in [9.17, 15) is 9.59 Å². The summed E-state index contributed by atoms with van der Waals surface area (Å²) < 4.78 is 4.73. The fourth-order valence-corrected chi connectivity index (χ4v) is 1.16. The maximum atomic E-state index is 11.2. The Labute approximate surface area is 91.5 Å². The van der Waals surface area contributed by atoms with Gasteiger partial charge >= 0.3 is 5.97 Å². The first-order valence-corrected chi connectivity index (χ1v) is 5.51. The maximum Gasteiger partial charge on any atom is 0.330 e. The molecule has 0 amide bonds. The summed E-state index contributed by atoms with van der Waals surface area (Å²) in [6.07, 6.45) is 7.70. The molecule has 0 heterocycles. The lowest BCUT2D eigenvalue weighted by atomic mass is 10.1. The Kier molecular flexibility index (Phi) is 8.73. The van der Waals surface area contributed by atoms with Gasteiger partial charge in [0.2, 0.25) is 0 Å². The second-order valence-electron chi connectivity index (χ2n) is 3.46. The van der Waals surface area contributed by atoms with Crippen LogP contribution in [0.15, 0.2) is 12.2 Å². The minimum Gasteiger partial charge on any atom is -0.455 e. The molecule has 0 spiro atoms. The molecule has 86 valence electrons. The molecule has 0 rings (SSSR count). The molecule has 0 radical (unpaired) electrons. The first-order chi connectivity index (χ1) is 7.20. The smallest absolute Gasteiger partial charge is 0.330 e. The van der Waals surface area contributed by atoms with Gasteiger partial charge in [0.1, 0.15) is 6.61 Å². The molecule has 0 saturated heterocycles. The number of esters is 1. The monoisotopic (exact) mass is 212 g/mol. The summed E-state index contributed by atoms with van der Waals surface area (Å²) in [6.45, 7) is 3.77. The van der Waals surface area contributed by atoms with E-state index in [1.54, 1.807) is 13.0 Å². The van der Waals surface area contributed by atoms with Crippen LogP contribution in [-0.2, 0) is 14.3 Å². The number of ether oxygens (including phenoxy) is 1. The lowest BCUT2D eigenvalue weighted by Crippen LogP contribution is -2.11. The van der Waals surface area contributed by atoms with Crippen LogP contribution in [-0.4, -0.2) is 18.4 Å². The van der Waals surface area contributed by atoms with E-state index in [-0.39, 0.29) is 12.4 Å². The third-order valence-electron chi connectivity index (χ3n) is 1.99. The van der Waals surface area contributed by atoms with Crippen LogP contribution < -0.4 is 0 Å². The average molecular weight is 212 g/mol. The number of unbranched alkanes of at least 4 members (excludes halogenated alkanes) is 3. The zero-order valence-corrected chi connectivity index (χ0v) is 9.62. The van der Waals surface area contributed by atoms with Gasteiger partial charge in [0.15, 0.2) is 5.78 Å². The molecule has 3 nitrogen and oxygen atoms in total. The van der Waals surface area contributed by atoms with Gasteiger partial charge in [-0.3, -0.25) is 4.79 Å². The van der Waals surface area contributed by atoms with Crippen molar-refractivity contribution in [3.05, 3.63) is 12.2 Å². The highest BCUT2D eigenvalue weighted by atomic mass is 16.5. The van der Waals surface area contributed by atoms with Gasteiger partial charge in [-0.15, -0.1) is 0 Å². The van der Waals surface area contributed by atoms with Crippen molar-refractivity contribution in [3.63, 3.8) is 0 Å². The van der Waals surface area contributed by atoms with Gasteiger partial charge in [0.25, 0.3) is 0 Å². The lowest BCUT2D eigenvalue weighted by Gasteiger charge is -2.01. The number of carbonyl (C=O) groups excluding carboxylic acids is 2. The molecule has 0 bridgehead atoms. The molecule has 0 aromatic carbocycles. The molecular formula is C12H20O3. The molecule has 0 aromatic heterocycles. The summed E-state index contributed by atoms with van der Waals surface area (Å²) in [5, 5.41) is 0. The van der Waals surface area contributed by atoms with E-state index in [0.717, 1.165) is 25.7 Å². The number of rotatable bonds is 8. The number of hydrogen-bond acceptors (Lipinski definition) is 3.